The summed E-state index contributed by atoms with van der Waals surface area (Å²) >= 11 is 0. The summed E-state index contributed by atoms with van der Waals surface area (Å²) in [7, 11) is 0. The third-order valence-electron chi connectivity index (χ3n) is 2.42. The van der Waals surface area contributed by atoms with Gasteiger partial charge in [0.25, 0.3) is 5.67 Å². The lowest BCUT2D eigenvalue weighted by molar-refractivity contribution is -0.414. The van der Waals surface area contributed by atoms with Crippen molar-refractivity contribution < 1.29 is 48.3 Å². The van der Waals surface area contributed by atoms with Crippen LogP contribution in [0.4, 0.5) is 48.3 Å². The van der Waals surface area contributed by atoms with Gasteiger partial charge in [0.05, 0.1) is 0 Å². The fourth-order valence-corrected chi connectivity index (χ4v) is 1.33. The molecule has 0 aliphatic rings. The second kappa shape index (κ2) is 4.37. The Morgan fingerprint density at radius 2 is 0.737 bits per heavy atom. The Morgan fingerprint density at radius 1 is 0.526 bits per heavy atom. The first kappa shape index (κ1) is 18.2. The van der Waals surface area contributed by atoms with Crippen molar-refractivity contribution in [1.82, 2.24) is 0 Å². The van der Waals surface area contributed by atoms with E-state index in [9.17, 15) is 48.3 Å². The lowest BCUT2D eigenvalue weighted by Gasteiger charge is -2.42. The van der Waals surface area contributed by atoms with E-state index in [0.29, 0.717) is 0 Å². The lowest BCUT2D eigenvalue weighted by atomic mass is 9.79. The molecule has 116 valence electrons. The molecular weight excluding hydrogens is 305 g/mol. The monoisotopic (exact) mass is 312 g/mol. The summed E-state index contributed by atoms with van der Waals surface area (Å²) in [6, 6.07) is 0. The van der Waals surface area contributed by atoms with Crippen molar-refractivity contribution in [3.8, 4) is 0 Å². The van der Waals surface area contributed by atoms with E-state index in [0.717, 1.165) is 0 Å². The van der Waals surface area contributed by atoms with Gasteiger partial charge < -0.3 is 0 Å². The van der Waals surface area contributed by atoms with Crippen LogP contribution in [-0.4, -0.2) is 29.9 Å². The molecule has 0 bridgehead atoms. The van der Waals surface area contributed by atoms with Crippen LogP contribution in [0.3, 0.4) is 0 Å². The summed E-state index contributed by atoms with van der Waals surface area (Å²) in [5, 5.41) is 0. The standard InChI is InChI=1S/C8H7F11/c1-3(2)4(9,5(10,11)7(14,15)16)6(12,13)8(17,18)19/h3H,1-2H3. The van der Waals surface area contributed by atoms with Crippen molar-refractivity contribution in [1.29, 1.82) is 0 Å². The molecule has 11 heteroatoms. The van der Waals surface area contributed by atoms with Crippen molar-refractivity contribution in [2.24, 2.45) is 5.92 Å². The molecule has 0 spiro atoms. The minimum atomic E-state index is -6.90. The first-order valence-corrected chi connectivity index (χ1v) is 4.52. The van der Waals surface area contributed by atoms with Gasteiger partial charge in [0.1, 0.15) is 0 Å². The fraction of sp³-hybridized carbons (Fsp3) is 1.00. The van der Waals surface area contributed by atoms with Gasteiger partial charge in [-0.05, 0) is 0 Å². The molecule has 0 aromatic rings. The minimum Gasteiger partial charge on any atom is -0.229 e. The van der Waals surface area contributed by atoms with Gasteiger partial charge in [0.2, 0.25) is 0 Å². The highest BCUT2D eigenvalue weighted by Gasteiger charge is 2.86. The topological polar surface area (TPSA) is 0 Å². The van der Waals surface area contributed by atoms with Gasteiger partial charge in [-0.15, -0.1) is 0 Å². The SMILES string of the molecule is CC(C)C(F)(C(F)(F)C(F)(F)F)C(F)(F)C(F)(F)F. The van der Waals surface area contributed by atoms with Gasteiger partial charge >= 0.3 is 24.2 Å². The predicted molar refractivity (Wildman–Crippen MR) is 40.7 cm³/mol. The van der Waals surface area contributed by atoms with E-state index in [1.165, 1.54) is 0 Å². The van der Waals surface area contributed by atoms with Crippen molar-refractivity contribution >= 4 is 0 Å². The highest BCUT2D eigenvalue weighted by Crippen LogP contribution is 2.59. The van der Waals surface area contributed by atoms with Crippen molar-refractivity contribution in [3.05, 3.63) is 0 Å². The summed E-state index contributed by atoms with van der Waals surface area (Å²) in [6.45, 7) is 0.137. The largest absolute Gasteiger partial charge is 0.457 e. The van der Waals surface area contributed by atoms with Crippen LogP contribution in [0.1, 0.15) is 13.8 Å². The number of rotatable bonds is 3. The Kier molecular flexibility index (Phi) is 4.19. The van der Waals surface area contributed by atoms with Gasteiger partial charge in [0.15, 0.2) is 0 Å². The molecule has 0 N–H and O–H groups in total. The van der Waals surface area contributed by atoms with Crippen molar-refractivity contribution in [2.75, 3.05) is 0 Å². The molecule has 0 saturated heterocycles. The Hall–Kier alpha value is -0.770. The summed E-state index contributed by atoms with van der Waals surface area (Å²) < 4.78 is 136. The number of alkyl halides is 11. The van der Waals surface area contributed by atoms with Crippen LogP contribution in [0.15, 0.2) is 0 Å². The highest BCUT2D eigenvalue weighted by molar-refractivity contribution is 5.11. The van der Waals surface area contributed by atoms with E-state index in [4.69, 9.17) is 0 Å². The quantitative estimate of drug-likeness (QED) is 0.660. The molecule has 0 atom stereocenters. The summed E-state index contributed by atoms with van der Waals surface area (Å²) in [5.41, 5.74) is -6.16. The molecule has 0 amide bonds. The second-order valence-corrected chi connectivity index (χ2v) is 4.01. The molecule has 0 saturated carbocycles. The Labute approximate surface area is 99.1 Å². The molecule has 19 heavy (non-hydrogen) atoms. The van der Waals surface area contributed by atoms with Gasteiger partial charge in [0, 0.05) is 5.92 Å². The average molecular weight is 312 g/mol. The first-order chi connectivity index (χ1) is 7.94. The predicted octanol–water partition coefficient (Wildman–Crippen LogP) is 4.75. The third-order valence-corrected chi connectivity index (χ3v) is 2.42. The molecular formula is C8H7F11. The molecule has 0 nitrogen and oxygen atoms in total. The maximum Gasteiger partial charge on any atom is 0.457 e. The Morgan fingerprint density at radius 3 is 0.842 bits per heavy atom. The van der Waals surface area contributed by atoms with Crippen LogP contribution in [-0.2, 0) is 0 Å². The average Bonchev–Trinajstić information content (AvgIpc) is 2.11. The maximum absolute atomic E-state index is 13.5. The molecule has 0 heterocycles. The van der Waals surface area contributed by atoms with Crippen LogP contribution < -0.4 is 0 Å². The van der Waals surface area contributed by atoms with Crippen LogP contribution in [0, 0.1) is 5.92 Å². The van der Waals surface area contributed by atoms with Crippen LogP contribution >= 0.6 is 0 Å². The summed E-state index contributed by atoms with van der Waals surface area (Å²) in [6.07, 6.45) is -13.8. The van der Waals surface area contributed by atoms with Gasteiger partial charge in [-0.25, -0.2) is 4.39 Å². The highest BCUT2D eigenvalue weighted by atomic mass is 19.4. The third kappa shape index (κ3) is 2.35. The molecule has 0 aromatic carbocycles. The van der Waals surface area contributed by atoms with E-state index in [-0.39, 0.29) is 13.8 Å². The number of hydrogen-bond acceptors (Lipinski definition) is 0. The van der Waals surface area contributed by atoms with E-state index in [1.807, 2.05) is 0 Å². The number of hydrogen-bond donors (Lipinski definition) is 0. The van der Waals surface area contributed by atoms with E-state index in [1.54, 1.807) is 0 Å². The Bertz CT molecular complexity index is 295. The van der Waals surface area contributed by atoms with Crippen molar-refractivity contribution in [2.45, 2.75) is 43.7 Å². The van der Waals surface area contributed by atoms with E-state index in [2.05, 4.69) is 0 Å². The van der Waals surface area contributed by atoms with Crippen molar-refractivity contribution in [3.63, 3.8) is 0 Å². The molecule has 0 aromatic heterocycles. The molecule has 0 aliphatic heterocycles. The van der Waals surface area contributed by atoms with E-state index < -0.39 is 35.8 Å². The normalized spacial score (nSPS) is 16.1. The zero-order valence-corrected chi connectivity index (χ0v) is 9.23. The van der Waals surface area contributed by atoms with Gasteiger partial charge in [-0.1, -0.05) is 13.8 Å². The lowest BCUT2D eigenvalue weighted by Crippen LogP contribution is -2.70. The summed E-state index contributed by atoms with van der Waals surface area (Å²) in [5.74, 6) is -16.7. The molecule has 0 fully saturated rings. The van der Waals surface area contributed by atoms with Crippen LogP contribution in [0.5, 0.6) is 0 Å². The minimum absolute atomic E-state index is 0.0687. The summed E-state index contributed by atoms with van der Waals surface area (Å²) in [4.78, 5) is 0. The van der Waals surface area contributed by atoms with Crippen LogP contribution in [0.25, 0.3) is 0 Å². The Balaban J connectivity index is 6.21. The second-order valence-electron chi connectivity index (χ2n) is 4.01. The molecule has 0 aliphatic carbocycles. The van der Waals surface area contributed by atoms with E-state index >= 15 is 0 Å². The maximum atomic E-state index is 13.5. The smallest absolute Gasteiger partial charge is 0.229 e. The molecule has 0 unspecified atom stereocenters. The first-order valence-electron chi connectivity index (χ1n) is 4.52. The number of halogens is 11. The molecule has 0 radical (unpaired) electrons. The fourth-order valence-electron chi connectivity index (χ4n) is 1.33. The zero-order chi connectivity index (χ0) is 16.1. The van der Waals surface area contributed by atoms with Gasteiger partial charge in [-0.2, -0.15) is 43.9 Å². The molecule has 0 rings (SSSR count). The van der Waals surface area contributed by atoms with Gasteiger partial charge in [-0.3, -0.25) is 0 Å². The zero-order valence-electron chi connectivity index (χ0n) is 9.23. The van der Waals surface area contributed by atoms with Crippen LogP contribution in [0.2, 0.25) is 0 Å².